The molecule has 1 aromatic rings. The molecule has 0 saturated heterocycles. The van der Waals surface area contributed by atoms with Gasteiger partial charge in [0.05, 0.1) is 6.61 Å². The zero-order chi connectivity index (χ0) is 14.5. The highest BCUT2D eigenvalue weighted by Gasteiger charge is 2.31. The summed E-state index contributed by atoms with van der Waals surface area (Å²) in [4.78, 5) is 0. The van der Waals surface area contributed by atoms with Gasteiger partial charge in [0.1, 0.15) is 5.75 Å². The summed E-state index contributed by atoms with van der Waals surface area (Å²) in [6.07, 6.45) is 4.87. The predicted molar refractivity (Wildman–Crippen MR) is 86.2 cm³/mol. The predicted octanol–water partition coefficient (Wildman–Crippen LogP) is 4.29. The van der Waals surface area contributed by atoms with Crippen LogP contribution in [0.25, 0.3) is 0 Å². The van der Waals surface area contributed by atoms with Crippen molar-refractivity contribution in [3.63, 3.8) is 0 Å². The Bertz CT molecular complexity index is 433. The Morgan fingerprint density at radius 3 is 2.70 bits per heavy atom. The second kappa shape index (κ2) is 6.87. The maximum atomic E-state index is 5.97. The van der Waals surface area contributed by atoms with Gasteiger partial charge in [0.25, 0.3) is 0 Å². The molecule has 3 N–H and O–H groups in total. The summed E-state index contributed by atoms with van der Waals surface area (Å²) in [5.74, 6) is 2.44. The number of benzene rings is 1. The Kier molecular flexibility index (Phi) is 5.16. The number of nitrogens with one attached hydrogen (secondary N) is 1. The first-order chi connectivity index (χ1) is 9.63. The van der Waals surface area contributed by atoms with Crippen LogP contribution in [0.1, 0.15) is 46.5 Å². The van der Waals surface area contributed by atoms with E-state index < -0.39 is 0 Å². The number of nitrogens with two attached hydrogens (primary N) is 1. The van der Waals surface area contributed by atoms with Crippen LogP contribution in [0, 0.1) is 11.8 Å². The Labute approximate surface area is 122 Å². The van der Waals surface area contributed by atoms with Crippen molar-refractivity contribution >= 4 is 11.4 Å². The van der Waals surface area contributed by atoms with E-state index in [1.54, 1.807) is 0 Å². The zero-order valence-corrected chi connectivity index (χ0v) is 13.0. The molecule has 1 fully saturated rings. The molecule has 0 heterocycles. The Hall–Kier alpha value is -1.38. The van der Waals surface area contributed by atoms with E-state index in [9.17, 15) is 0 Å². The minimum atomic E-state index is 0.556. The molecule has 1 aromatic carbocycles. The second-order valence-corrected chi connectivity index (χ2v) is 5.99. The molecular formula is C17H28N2O. The minimum Gasteiger partial charge on any atom is -0.493 e. The van der Waals surface area contributed by atoms with Crippen LogP contribution in [0.15, 0.2) is 18.2 Å². The molecule has 1 aliphatic rings. The quantitative estimate of drug-likeness (QED) is 0.762. The van der Waals surface area contributed by atoms with Gasteiger partial charge in [-0.3, -0.25) is 0 Å². The molecule has 2 rings (SSSR count). The molecule has 3 unspecified atom stereocenters. The van der Waals surface area contributed by atoms with E-state index >= 15 is 0 Å². The maximum Gasteiger partial charge on any atom is 0.123 e. The smallest absolute Gasteiger partial charge is 0.123 e. The lowest BCUT2D eigenvalue weighted by atomic mass is 9.93. The van der Waals surface area contributed by atoms with Crippen molar-refractivity contribution in [1.29, 1.82) is 0 Å². The van der Waals surface area contributed by atoms with Crippen molar-refractivity contribution in [2.24, 2.45) is 11.8 Å². The van der Waals surface area contributed by atoms with E-state index in [0.717, 1.165) is 42.0 Å². The first-order valence-corrected chi connectivity index (χ1v) is 7.94. The molecule has 1 aliphatic carbocycles. The van der Waals surface area contributed by atoms with Gasteiger partial charge in [0, 0.05) is 29.5 Å². The van der Waals surface area contributed by atoms with Crippen LogP contribution in [-0.2, 0) is 0 Å². The van der Waals surface area contributed by atoms with E-state index in [2.05, 4.69) is 32.2 Å². The van der Waals surface area contributed by atoms with Crippen LogP contribution < -0.4 is 15.8 Å². The summed E-state index contributed by atoms with van der Waals surface area (Å²) in [6.45, 7) is 7.50. The van der Waals surface area contributed by atoms with Crippen molar-refractivity contribution in [2.45, 2.75) is 52.5 Å². The van der Waals surface area contributed by atoms with Gasteiger partial charge in [-0.15, -0.1) is 0 Å². The van der Waals surface area contributed by atoms with Crippen LogP contribution >= 0.6 is 0 Å². The third-order valence-corrected chi connectivity index (χ3v) is 4.50. The molecule has 0 amide bonds. The van der Waals surface area contributed by atoms with Crippen LogP contribution in [-0.4, -0.2) is 12.6 Å². The molecule has 0 bridgehead atoms. The standard InChI is InChI=1S/C17H28N2O/c1-4-8-20-16-10-14(18)9-15(11-16)19-17-7-6-13(5-2)12(17)3/h9-13,17,19H,4-8,18H2,1-3H3. The highest BCUT2D eigenvalue weighted by molar-refractivity contribution is 5.59. The normalized spacial score (nSPS) is 25.6. The molecule has 0 radical (unpaired) electrons. The van der Waals surface area contributed by atoms with E-state index in [-0.39, 0.29) is 0 Å². The summed E-state index contributed by atoms with van der Waals surface area (Å²) in [5, 5.41) is 3.65. The average molecular weight is 276 g/mol. The first-order valence-electron chi connectivity index (χ1n) is 7.94. The molecule has 0 spiro atoms. The third-order valence-electron chi connectivity index (χ3n) is 4.50. The van der Waals surface area contributed by atoms with Crippen molar-refractivity contribution in [3.8, 4) is 5.75 Å². The van der Waals surface area contributed by atoms with Crippen molar-refractivity contribution in [3.05, 3.63) is 18.2 Å². The Balaban J connectivity index is 2.03. The van der Waals surface area contributed by atoms with Crippen LogP contribution in [0.5, 0.6) is 5.75 Å². The number of rotatable bonds is 6. The molecule has 1 saturated carbocycles. The van der Waals surface area contributed by atoms with Crippen molar-refractivity contribution in [2.75, 3.05) is 17.7 Å². The van der Waals surface area contributed by atoms with Gasteiger partial charge >= 0.3 is 0 Å². The van der Waals surface area contributed by atoms with E-state index in [1.165, 1.54) is 19.3 Å². The van der Waals surface area contributed by atoms with E-state index in [0.29, 0.717) is 6.04 Å². The molecular weight excluding hydrogens is 248 g/mol. The van der Waals surface area contributed by atoms with Gasteiger partial charge in [-0.05, 0) is 37.2 Å². The zero-order valence-electron chi connectivity index (χ0n) is 13.0. The monoisotopic (exact) mass is 276 g/mol. The van der Waals surface area contributed by atoms with Crippen LogP contribution in [0.4, 0.5) is 11.4 Å². The molecule has 0 aliphatic heterocycles. The van der Waals surface area contributed by atoms with E-state index in [1.807, 2.05) is 12.1 Å². The largest absolute Gasteiger partial charge is 0.493 e. The fourth-order valence-electron chi connectivity index (χ4n) is 3.25. The topological polar surface area (TPSA) is 47.3 Å². The summed E-state index contributed by atoms with van der Waals surface area (Å²) in [6, 6.07) is 6.53. The van der Waals surface area contributed by atoms with Gasteiger partial charge in [0.15, 0.2) is 0 Å². The minimum absolute atomic E-state index is 0.556. The Morgan fingerprint density at radius 1 is 1.25 bits per heavy atom. The molecule has 0 aromatic heterocycles. The fraction of sp³-hybridized carbons (Fsp3) is 0.647. The maximum absolute atomic E-state index is 5.97. The van der Waals surface area contributed by atoms with Crippen LogP contribution in [0.2, 0.25) is 0 Å². The third kappa shape index (κ3) is 3.59. The van der Waals surface area contributed by atoms with Gasteiger partial charge in [-0.25, -0.2) is 0 Å². The number of hydrogen-bond donors (Lipinski definition) is 2. The first kappa shape index (κ1) is 15.0. The lowest BCUT2D eigenvalue weighted by Crippen LogP contribution is -2.24. The van der Waals surface area contributed by atoms with E-state index in [4.69, 9.17) is 10.5 Å². The van der Waals surface area contributed by atoms with Gasteiger partial charge in [0.2, 0.25) is 0 Å². The van der Waals surface area contributed by atoms with Crippen LogP contribution in [0.3, 0.4) is 0 Å². The van der Waals surface area contributed by atoms with Gasteiger partial charge < -0.3 is 15.8 Å². The number of hydrogen-bond acceptors (Lipinski definition) is 3. The number of ether oxygens (including phenoxy) is 1. The molecule has 20 heavy (non-hydrogen) atoms. The Morgan fingerprint density at radius 2 is 2.05 bits per heavy atom. The molecule has 3 nitrogen and oxygen atoms in total. The molecule has 112 valence electrons. The second-order valence-electron chi connectivity index (χ2n) is 5.99. The SMILES string of the molecule is CCCOc1cc(N)cc(NC2CCC(CC)C2C)c1. The lowest BCUT2D eigenvalue weighted by molar-refractivity contribution is 0.317. The summed E-state index contributed by atoms with van der Waals surface area (Å²) < 4.78 is 5.69. The summed E-state index contributed by atoms with van der Waals surface area (Å²) in [5.41, 5.74) is 7.82. The van der Waals surface area contributed by atoms with Gasteiger partial charge in [-0.2, -0.15) is 0 Å². The average Bonchev–Trinajstić information content (AvgIpc) is 2.77. The number of nitrogen functional groups attached to an aromatic ring is 1. The highest BCUT2D eigenvalue weighted by Crippen LogP contribution is 2.36. The number of anilines is 2. The van der Waals surface area contributed by atoms with Crippen molar-refractivity contribution in [1.82, 2.24) is 0 Å². The molecule has 3 heteroatoms. The van der Waals surface area contributed by atoms with Crippen molar-refractivity contribution < 1.29 is 4.74 Å². The van der Waals surface area contributed by atoms with Gasteiger partial charge in [-0.1, -0.05) is 27.2 Å². The molecule has 3 atom stereocenters. The fourth-order valence-corrected chi connectivity index (χ4v) is 3.25. The highest BCUT2D eigenvalue weighted by atomic mass is 16.5. The summed E-state index contributed by atoms with van der Waals surface area (Å²) in [7, 11) is 0. The summed E-state index contributed by atoms with van der Waals surface area (Å²) >= 11 is 0. The lowest BCUT2D eigenvalue weighted by Gasteiger charge is -2.22.